The van der Waals surface area contributed by atoms with E-state index in [-0.39, 0.29) is 30.6 Å². The number of ether oxygens (including phenoxy) is 3. The molecule has 0 amide bonds. The van der Waals surface area contributed by atoms with Crippen molar-refractivity contribution in [1.82, 2.24) is 15.0 Å². The van der Waals surface area contributed by atoms with Crippen LogP contribution in [0.4, 0.5) is 5.95 Å². The predicted molar refractivity (Wildman–Crippen MR) is 63.9 cm³/mol. The average molecular weight is 258 g/mol. The Hall–Kier alpha value is -1.67. The van der Waals surface area contributed by atoms with E-state index in [9.17, 15) is 5.11 Å². The minimum absolute atomic E-state index is 0.0559. The molecule has 0 aromatic carbocycles. The van der Waals surface area contributed by atoms with Crippen molar-refractivity contribution in [2.75, 3.05) is 39.9 Å². The molecule has 0 spiro atoms. The van der Waals surface area contributed by atoms with Crippen molar-refractivity contribution in [2.24, 2.45) is 0 Å². The van der Waals surface area contributed by atoms with Gasteiger partial charge in [-0.3, -0.25) is 0 Å². The highest BCUT2D eigenvalue weighted by Gasteiger charge is 2.12. The van der Waals surface area contributed by atoms with E-state index >= 15 is 0 Å². The van der Waals surface area contributed by atoms with E-state index in [4.69, 9.17) is 14.2 Å². The van der Waals surface area contributed by atoms with Crippen molar-refractivity contribution in [3.63, 3.8) is 0 Å². The minimum Gasteiger partial charge on any atom is -0.467 e. The van der Waals surface area contributed by atoms with Crippen LogP contribution in [-0.2, 0) is 4.74 Å². The molecule has 1 heterocycles. The zero-order valence-electron chi connectivity index (χ0n) is 10.7. The predicted octanol–water partition coefficient (Wildman–Crippen LogP) is -0.302. The Bertz CT molecular complexity index is 341. The zero-order chi connectivity index (χ0) is 13.4. The molecule has 1 aromatic heterocycles. The Morgan fingerprint density at radius 3 is 2.17 bits per heavy atom. The van der Waals surface area contributed by atoms with Crippen LogP contribution in [0.5, 0.6) is 12.0 Å². The summed E-state index contributed by atoms with van der Waals surface area (Å²) in [6, 6.07) is 0.0855. The standard InChI is InChI=1S/C10H18N4O4/c1-16-5-4-7(6-15)11-8-12-9(17-2)14-10(13-8)18-3/h7,15H,4-6H2,1-3H3,(H,11,12,13,14). The maximum Gasteiger partial charge on any atom is 0.324 e. The second-order valence-electron chi connectivity index (χ2n) is 3.44. The van der Waals surface area contributed by atoms with Gasteiger partial charge in [0.25, 0.3) is 0 Å². The molecular formula is C10H18N4O4. The number of hydrogen-bond acceptors (Lipinski definition) is 8. The molecule has 102 valence electrons. The lowest BCUT2D eigenvalue weighted by Gasteiger charge is -2.15. The number of nitrogens with one attached hydrogen (secondary N) is 1. The van der Waals surface area contributed by atoms with Crippen LogP contribution in [0, 0.1) is 0 Å². The summed E-state index contributed by atoms with van der Waals surface area (Å²) >= 11 is 0. The molecule has 0 aliphatic heterocycles. The molecule has 0 saturated heterocycles. The molecule has 1 unspecified atom stereocenters. The Labute approximate surface area is 105 Å². The Balaban J connectivity index is 2.74. The van der Waals surface area contributed by atoms with Gasteiger partial charge in [0.2, 0.25) is 5.95 Å². The fourth-order valence-corrected chi connectivity index (χ4v) is 1.24. The Morgan fingerprint density at radius 1 is 1.11 bits per heavy atom. The van der Waals surface area contributed by atoms with Crippen molar-refractivity contribution in [2.45, 2.75) is 12.5 Å². The first-order valence-electron chi connectivity index (χ1n) is 5.43. The van der Waals surface area contributed by atoms with Gasteiger partial charge in [0.1, 0.15) is 0 Å². The van der Waals surface area contributed by atoms with Crippen LogP contribution in [-0.4, -0.2) is 60.6 Å². The molecule has 0 aliphatic carbocycles. The van der Waals surface area contributed by atoms with E-state index in [0.29, 0.717) is 13.0 Å². The van der Waals surface area contributed by atoms with Crippen LogP contribution in [0.3, 0.4) is 0 Å². The second kappa shape index (κ2) is 7.62. The van der Waals surface area contributed by atoms with Crippen molar-refractivity contribution in [3.05, 3.63) is 0 Å². The maximum atomic E-state index is 9.22. The van der Waals surface area contributed by atoms with Gasteiger partial charge in [-0.25, -0.2) is 0 Å². The summed E-state index contributed by atoms with van der Waals surface area (Å²) in [5, 5.41) is 12.2. The second-order valence-corrected chi connectivity index (χ2v) is 3.44. The van der Waals surface area contributed by atoms with E-state index in [1.165, 1.54) is 14.2 Å². The van der Waals surface area contributed by atoms with Crippen LogP contribution in [0.25, 0.3) is 0 Å². The number of hydrogen-bond donors (Lipinski definition) is 2. The van der Waals surface area contributed by atoms with Crippen LogP contribution >= 0.6 is 0 Å². The summed E-state index contributed by atoms with van der Waals surface area (Å²) in [7, 11) is 4.50. The molecule has 18 heavy (non-hydrogen) atoms. The van der Waals surface area contributed by atoms with E-state index in [1.807, 2.05) is 0 Å². The normalized spacial score (nSPS) is 12.0. The van der Waals surface area contributed by atoms with Gasteiger partial charge >= 0.3 is 12.0 Å². The lowest BCUT2D eigenvalue weighted by atomic mass is 10.2. The van der Waals surface area contributed by atoms with E-state index < -0.39 is 0 Å². The SMILES string of the molecule is COCCC(CO)Nc1nc(OC)nc(OC)n1. The van der Waals surface area contributed by atoms with E-state index in [1.54, 1.807) is 7.11 Å². The summed E-state index contributed by atoms with van der Waals surface area (Å²) in [6.07, 6.45) is 0.628. The zero-order valence-corrected chi connectivity index (χ0v) is 10.7. The third-order valence-electron chi connectivity index (χ3n) is 2.18. The fraction of sp³-hybridized carbons (Fsp3) is 0.700. The van der Waals surface area contributed by atoms with Crippen LogP contribution in [0.15, 0.2) is 0 Å². The first kappa shape index (κ1) is 14.4. The summed E-state index contributed by atoms with van der Waals surface area (Å²) in [6.45, 7) is 0.469. The number of aliphatic hydroxyl groups excluding tert-OH is 1. The van der Waals surface area contributed by atoms with Gasteiger partial charge in [-0.05, 0) is 6.42 Å². The fourth-order valence-electron chi connectivity index (χ4n) is 1.24. The van der Waals surface area contributed by atoms with Crippen LogP contribution in [0.2, 0.25) is 0 Å². The topological polar surface area (TPSA) is 98.6 Å². The molecule has 0 radical (unpaired) electrons. The maximum absolute atomic E-state index is 9.22. The molecule has 2 N–H and O–H groups in total. The number of methoxy groups -OCH3 is 3. The smallest absolute Gasteiger partial charge is 0.324 e. The molecule has 8 heteroatoms. The van der Waals surface area contributed by atoms with Gasteiger partial charge in [-0.1, -0.05) is 0 Å². The monoisotopic (exact) mass is 258 g/mol. The third kappa shape index (κ3) is 4.30. The van der Waals surface area contributed by atoms with Crippen molar-refractivity contribution in [1.29, 1.82) is 0 Å². The van der Waals surface area contributed by atoms with Crippen LogP contribution < -0.4 is 14.8 Å². The van der Waals surface area contributed by atoms with Gasteiger partial charge in [0.05, 0.1) is 26.9 Å². The largest absolute Gasteiger partial charge is 0.467 e. The first-order valence-corrected chi connectivity index (χ1v) is 5.43. The van der Waals surface area contributed by atoms with Gasteiger partial charge in [-0.2, -0.15) is 9.97 Å². The molecular weight excluding hydrogens is 240 g/mol. The molecule has 0 bridgehead atoms. The number of nitrogens with zero attached hydrogens (tertiary/aromatic N) is 3. The van der Waals surface area contributed by atoms with Crippen LogP contribution in [0.1, 0.15) is 6.42 Å². The average Bonchev–Trinajstić information content (AvgIpc) is 2.42. The molecule has 1 rings (SSSR count). The summed E-state index contributed by atoms with van der Waals surface area (Å²) < 4.78 is 14.8. The highest BCUT2D eigenvalue weighted by atomic mass is 16.5. The lowest BCUT2D eigenvalue weighted by molar-refractivity contribution is 0.174. The Morgan fingerprint density at radius 2 is 1.72 bits per heavy atom. The highest BCUT2D eigenvalue weighted by molar-refractivity contribution is 5.29. The summed E-state index contributed by atoms with van der Waals surface area (Å²) in [5.41, 5.74) is 0. The molecule has 0 fully saturated rings. The highest BCUT2D eigenvalue weighted by Crippen LogP contribution is 2.13. The van der Waals surface area contributed by atoms with Crippen molar-refractivity contribution < 1.29 is 19.3 Å². The third-order valence-corrected chi connectivity index (χ3v) is 2.18. The molecule has 1 aromatic rings. The van der Waals surface area contributed by atoms with E-state index in [2.05, 4.69) is 20.3 Å². The van der Waals surface area contributed by atoms with E-state index in [0.717, 1.165) is 0 Å². The number of aliphatic hydroxyl groups is 1. The van der Waals surface area contributed by atoms with Gasteiger partial charge < -0.3 is 24.6 Å². The number of anilines is 1. The quantitative estimate of drug-likeness (QED) is 0.655. The lowest BCUT2D eigenvalue weighted by Crippen LogP contribution is -2.26. The van der Waals surface area contributed by atoms with Gasteiger partial charge in [0.15, 0.2) is 0 Å². The molecule has 8 nitrogen and oxygen atoms in total. The van der Waals surface area contributed by atoms with Gasteiger partial charge in [-0.15, -0.1) is 4.98 Å². The summed E-state index contributed by atoms with van der Waals surface area (Å²) in [4.78, 5) is 11.9. The summed E-state index contributed by atoms with van der Waals surface area (Å²) in [5.74, 6) is 0.286. The van der Waals surface area contributed by atoms with Crippen molar-refractivity contribution in [3.8, 4) is 12.0 Å². The number of aromatic nitrogens is 3. The minimum atomic E-state index is -0.207. The number of rotatable bonds is 8. The Kier molecular flexibility index (Phi) is 6.09. The van der Waals surface area contributed by atoms with Crippen molar-refractivity contribution >= 4 is 5.95 Å². The van der Waals surface area contributed by atoms with Gasteiger partial charge in [0, 0.05) is 13.7 Å². The molecule has 1 atom stereocenters. The first-order chi connectivity index (χ1) is 8.73. The molecule has 0 saturated carbocycles. The molecule has 0 aliphatic rings.